The second-order valence-electron chi connectivity index (χ2n) is 3.01. The lowest BCUT2D eigenvalue weighted by molar-refractivity contribution is 0.0999. The second kappa shape index (κ2) is 2.65. The van der Waals surface area contributed by atoms with Gasteiger partial charge in [0.25, 0.3) is 0 Å². The van der Waals surface area contributed by atoms with Crippen LogP contribution in [-0.4, -0.2) is 5.91 Å². The molecule has 0 aliphatic carbocycles. The minimum absolute atomic E-state index is 0.174. The Labute approximate surface area is 85.8 Å². The molecule has 1 rings (SSSR count). The summed E-state index contributed by atoms with van der Waals surface area (Å²) in [5, 5.41) is 0. The van der Waals surface area contributed by atoms with Gasteiger partial charge in [-0.15, -0.1) is 0 Å². The van der Waals surface area contributed by atoms with Gasteiger partial charge in [0.2, 0.25) is 5.91 Å². The molecule has 0 spiro atoms. The maximum Gasteiger partial charge on any atom is 0.310 e. The van der Waals surface area contributed by atoms with Gasteiger partial charge in [0, 0.05) is 5.56 Å². The van der Waals surface area contributed by atoms with Crippen LogP contribution >= 0.6 is 10.2 Å². The van der Waals surface area contributed by atoms with Crippen molar-refractivity contribution in [3.05, 3.63) is 29.6 Å². The fraction of sp³-hybridized carbons (Fsp3) is 0. The topological polar surface area (TPSA) is 43.1 Å². The lowest BCUT2D eigenvalue weighted by Crippen LogP contribution is -2.14. The van der Waals surface area contributed by atoms with Gasteiger partial charge in [0.05, 0.1) is 0 Å². The summed E-state index contributed by atoms with van der Waals surface area (Å²) in [7, 11) is -9.99. The van der Waals surface area contributed by atoms with Crippen LogP contribution < -0.4 is 5.73 Å². The first-order valence-corrected chi connectivity index (χ1v) is 5.59. The Balaban J connectivity index is 3.56. The van der Waals surface area contributed by atoms with E-state index in [1.165, 1.54) is 0 Å². The summed E-state index contributed by atoms with van der Waals surface area (Å²) in [6, 6.07) is -0.212. The summed E-state index contributed by atoms with van der Waals surface area (Å²) in [5.41, 5.74) is 3.61. The molecule has 1 aromatic rings. The molecule has 0 aliphatic heterocycles. The van der Waals surface area contributed by atoms with Gasteiger partial charge in [0.15, 0.2) is 0 Å². The van der Waals surface area contributed by atoms with Gasteiger partial charge < -0.3 is 5.73 Å². The highest BCUT2D eigenvalue weighted by Gasteiger charge is 2.65. The molecule has 1 amide bonds. The van der Waals surface area contributed by atoms with Gasteiger partial charge in [-0.3, -0.25) is 4.79 Å². The maximum atomic E-state index is 12.6. The van der Waals surface area contributed by atoms with E-state index in [4.69, 9.17) is 0 Å². The fourth-order valence-corrected chi connectivity index (χ4v) is 1.61. The minimum Gasteiger partial charge on any atom is -0.366 e. The summed E-state index contributed by atoms with van der Waals surface area (Å²) in [6.45, 7) is 0. The van der Waals surface area contributed by atoms with E-state index in [2.05, 4.69) is 5.73 Å². The number of amides is 1. The van der Waals surface area contributed by atoms with Crippen molar-refractivity contribution in [3.63, 3.8) is 0 Å². The van der Waals surface area contributed by atoms with Gasteiger partial charge in [-0.2, -0.15) is 0 Å². The van der Waals surface area contributed by atoms with E-state index in [1.54, 1.807) is 0 Å². The lowest BCUT2D eigenvalue weighted by atomic mass is 10.2. The Kier molecular flexibility index (Phi) is 2.10. The monoisotopic (exact) mass is 265 g/mol. The Bertz CT molecular complexity index is 467. The van der Waals surface area contributed by atoms with E-state index in [9.17, 15) is 28.6 Å². The van der Waals surface area contributed by atoms with E-state index in [-0.39, 0.29) is 12.1 Å². The zero-order chi connectivity index (χ0) is 12.8. The molecule has 0 aromatic heterocycles. The zero-order valence-electron chi connectivity index (χ0n) is 7.39. The lowest BCUT2D eigenvalue weighted by Gasteiger charge is -2.40. The van der Waals surface area contributed by atoms with Crippen LogP contribution in [0.2, 0.25) is 0 Å². The number of primary amides is 1. The number of rotatable bonds is 2. The summed E-state index contributed by atoms with van der Waals surface area (Å²) in [4.78, 5) is 8.02. The van der Waals surface area contributed by atoms with Crippen LogP contribution in [0.1, 0.15) is 10.4 Å². The highest BCUT2D eigenvalue weighted by Crippen LogP contribution is 3.02. The molecular weight excluding hydrogens is 260 g/mol. The summed E-state index contributed by atoms with van der Waals surface area (Å²) in [6.07, 6.45) is 0. The number of benzene rings is 1. The Morgan fingerprint density at radius 3 is 1.94 bits per heavy atom. The van der Waals surface area contributed by atoms with Crippen molar-refractivity contribution in [2.45, 2.75) is 4.90 Å². The van der Waals surface area contributed by atoms with Crippen LogP contribution in [0, 0.1) is 5.82 Å². The first-order valence-electron chi connectivity index (χ1n) is 3.64. The van der Waals surface area contributed by atoms with Crippen LogP contribution in [0.15, 0.2) is 23.1 Å². The highest BCUT2D eigenvalue weighted by molar-refractivity contribution is 8.45. The van der Waals surface area contributed by atoms with Crippen LogP contribution in [0.3, 0.4) is 0 Å². The standard InChI is InChI=1S/C7H5F6NOS/c8-5-1-4(7(14)15)2-6(3-5)16(9,10,11,12)13/h1-3H,(H2,14,15). The molecule has 2 N–H and O–H groups in total. The maximum absolute atomic E-state index is 12.6. The molecule has 0 fully saturated rings. The van der Waals surface area contributed by atoms with Crippen LogP contribution in [-0.2, 0) is 0 Å². The van der Waals surface area contributed by atoms with Crippen molar-refractivity contribution in [2.75, 3.05) is 0 Å². The Hall–Kier alpha value is -1.38. The highest BCUT2D eigenvalue weighted by atomic mass is 32.5. The number of nitrogens with two attached hydrogens (primary N) is 1. The Morgan fingerprint density at radius 2 is 1.56 bits per heavy atom. The number of carbonyl (C=O) groups excluding carboxylic acids is 1. The molecule has 0 unspecified atom stereocenters. The Morgan fingerprint density at radius 1 is 1.06 bits per heavy atom. The van der Waals surface area contributed by atoms with Gasteiger partial charge >= 0.3 is 10.2 Å². The largest absolute Gasteiger partial charge is 0.366 e. The fourth-order valence-electron chi connectivity index (χ4n) is 0.928. The van der Waals surface area contributed by atoms with E-state index in [0.29, 0.717) is 6.07 Å². The van der Waals surface area contributed by atoms with Crippen molar-refractivity contribution < 1.29 is 28.6 Å². The van der Waals surface area contributed by atoms with E-state index < -0.39 is 32.4 Å². The number of halogens is 6. The molecular formula is C7H5F6NOS. The normalized spacial score (nSPS) is 16.4. The summed E-state index contributed by atoms with van der Waals surface area (Å²) in [5.74, 6) is -3.04. The van der Waals surface area contributed by atoms with Crippen LogP contribution in [0.25, 0.3) is 0 Å². The smallest absolute Gasteiger partial charge is 0.310 e. The molecule has 0 bridgehead atoms. The van der Waals surface area contributed by atoms with Gasteiger partial charge in [-0.05, 0) is 18.2 Å². The van der Waals surface area contributed by atoms with Crippen LogP contribution in [0.4, 0.5) is 23.8 Å². The average molecular weight is 265 g/mol. The first-order chi connectivity index (χ1) is 6.79. The quantitative estimate of drug-likeness (QED) is 0.816. The van der Waals surface area contributed by atoms with Crippen molar-refractivity contribution in [1.29, 1.82) is 0 Å². The number of hydrogen-bond donors (Lipinski definition) is 1. The number of carbonyl (C=O) groups is 1. The van der Waals surface area contributed by atoms with E-state index in [0.717, 1.165) is 0 Å². The third-order valence-electron chi connectivity index (χ3n) is 1.60. The predicted molar refractivity (Wildman–Crippen MR) is 46.3 cm³/mol. The third-order valence-corrected chi connectivity index (χ3v) is 2.73. The predicted octanol–water partition coefficient (Wildman–Crippen LogP) is 3.58. The molecule has 16 heavy (non-hydrogen) atoms. The molecule has 9 heteroatoms. The third kappa shape index (κ3) is 2.81. The van der Waals surface area contributed by atoms with E-state index >= 15 is 0 Å². The zero-order valence-corrected chi connectivity index (χ0v) is 8.21. The van der Waals surface area contributed by atoms with Gasteiger partial charge in [0.1, 0.15) is 10.7 Å². The molecule has 0 saturated heterocycles. The van der Waals surface area contributed by atoms with Crippen molar-refractivity contribution in [3.8, 4) is 0 Å². The molecule has 0 saturated carbocycles. The molecule has 0 radical (unpaired) electrons. The molecule has 0 aliphatic rings. The van der Waals surface area contributed by atoms with Crippen molar-refractivity contribution in [2.24, 2.45) is 5.73 Å². The summed E-state index contributed by atoms with van der Waals surface area (Å²) < 4.78 is 73.9. The molecule has 92 valence electrons. The SMILES string of the molecule is NC(=O)c1cc(F)cc(S(F)(F)(F)(F)F)c1. The molecule has 2 nitrogen and oxygen atoms in total. The second-order valence-corrected chi connectivity index (χ2v) is 5.42. The van der Waals surface area contributed by atoms with Crippen LogP contribution in [0.5, 0.6) is 0 Å². The summed E-state index contributed by atoms with van der Waals surface area (Å²) >= 11 is 0. The average Bonchev–Trinajstić information content (AvgIpc) is 1.98. The number of hydrogen-bond acceptors (Lipinski definition) is 1. The first kappa shape index (κ1) is 12.7. The van der Waals surface area contributed by atoms with Crippen molar-refractivity contribution in [1.82, 2.24) is 0 Å². The van der Waals surface area contributed by atoms with Gasteiger partial charge in [-0.25, -0.2) is 4.39 Å². The molecule has 0 heterocycles. The van der Waals surface area contributed by atoms with Crippen molar-refractivity contribution >= 4 is 16.1 Å². The van der Waals surface area contributed by atoms with E-state index in [1.807, 2.05) is 0 Å². The van der Waals surface area contributed by atoms with Gasteiger partial charge in [-0.1, -0.05) is 19.4 Å². The molecule has 1 aromatic carbocycles. The molecule has 0 atom stereocenters. The minimum atomic E-state index is -9.99.